The summed E-state index contributed by atoms with van der Waals surface area (Å²) in [5.74, 6) is -0.361. The first-order valence-electron chi connectivity index (χ1n) is 8.30. The van der Waals surface area contributed by atoms with Crippen LogP contribution >= 0.6 is 11.3 Å². The predicted molar refractivity (Wildman–Crippen MR) is 103 cm³/mol. The summed E-state index contributed by atoms with van der Waals surface area (Å²) in [4.78, 5) is 18.9. The van der Waals surface area contributed by atoms with E-state index < -0.39 is 11.9 Å². The van der Waals surface area contributed by atoms with E-state index in [1.807, 2.05) is 37.1 Å². The lowest BCUT2D eigenvalue weighted by Gasteiger charge is -2.17. The fourth-order valence-corrected chi connectivity index (χ4v) is 3.74. The Bertz CT molecular complexity index is 998. The third kappa shape index (κ3) is 3.90. The number of aromatic nitrogens is 1. The van der Waals surface area contributed by atoms with Crippen LogP contribution in [-0.2, 0) is 6.18 Å². The van der Waals surface area contributed by atoms with Gasteiger partial charge in [0.25, 0.3) is 5.91 Å². The van der Waals surface area contributed by atoms with E-state index in [1.54, 1.807) is 13.0 Å². The van der Waals surface area contributed by atoms with E-state index >= 15 is 0 Å². The number of fused-ring (bicyclic) bond motifs is 1. The number of hydrogen-bond donors (Lipinski definition) is 1. The van der Waals surface area contributed by atoms with Crippen LogP contribution in [0.25, 0.3) is 10.2 Å². The molecule has 0 aliphatic carbocycles. The highest BCUT2D eigenvalue weighted by Gasteiger charge is 2.33. The fraction of sp³-hybridized carbons (Fsp3) is 0.263. The summed E-state index contributed by atoms with van der Waals surface area (Å²) < 4.78 is 38.6. The minimum absolute atomic E-state index is 0.201. The summed E-state index contributed by atoms with van der Waals surface area (Å²) >= 11 is 0.963. The molecule has 0 fully saturated rings. The van der Waals surface area contributed by atoms with Gasteiger partial charge in [-0.3, -0.25) is 4.79 Å². The molecule has 1 N–H and O–H groups in total. The molecule has 0 bridgehead atoms. The molecule has 142 valence electrons. The van der Waals surface area contributed by atoms with Gasteiger partial charge in [0.15, 0.2) is 0 Å². The second-order valence-corrected chi connectivity index (χ2v) is 7.12. The molecule has 0 atom stereocenters. The van der Waals surface area contributed by atoms with Crippen LogP contribution in [0.3, 0.4) is 0 Å². The van der Waals surface area contributed by atoms with E-state index in [2.05, 4.69) is 10.3 Å². The van der Waals surface area contributed by atoms with Gasteiger partial charge in [0, 0.05) is 30.4 Å². The zero-order valence-electron chi connectivity index (χ0n) is 15.0. The van der Waals surface area contributed by atoms with Crippen molar-refractivity contribution < 1.29 is 18.0 Å². The van der Waals surface area contributed by atoms with Crippen molar-refractivity contribution in [1.29, 1.82) is 0 Å². The Hall–Kier alpha value is -2.61. The molecule has 0 saturated heterocycles. The Morgan fingerprint density at radius 1 is 1.26 bits per heavy atom. The number of benzene rings is 1. The minimum atomic E-state index is -4.51. The number of alkyl halides is 3. The summed E-state index contributed by atoms with van der Waals surface area (Å²) in [5.41, 5.74) is 1.24. The fourth-order valence-electron chi connectivity index (χ4n) is 2.67. The number of carbonyl (C=O) groups is 1. The monoisotopic (exact) mass is 393 g/mol. The molecule has 1 amide bonds. The summed E-state index contributed by atoms with van der Waals surface area (Å²) in [6.07, 6.45) is -4.51. The van der Waals surface area contributed by atoms with Gasteiger partial charge in [0.2, 0.25) is 0 Å². The van der Waals surface area contributed by atoms with Crippen molar-refractivity contribution in [3.8, 4) is 0 Å². The molecule has 0 aliphatic heterocycles. The van der Waals surface area contributed by atoms with E-state index in [4.69, 9.17) is 0 Å². The van der Waals surface area contributed by atoms with Crippen LogP contribution in [-0.4, -0.2) is 24.5 Å². The normalized spacial score (nSPS) is 11.6. The van der Waals surface area contributed by atoms with Crippen molar-refractivity contribution in [2.45, 2.75) is 20.0 Å². The third-order valence-electron chi connectivity index (χ3n) is 4.32. The molecule has 0 saturated carbocycles. The van der Waals surface area contributed by atoms with E-state index in [-0.39, 0.29) is 10.7 Å². The van der Waals surface area contributed by atoms with Gasteiger partial charge >= 0.3 is 6.18 Å². The van der Waals surface area contributed by atoms with Gasteiger partial charge in [-0.15, -0.1) is 11.3 Å². The number of nitrogens with one attached hydrogen (secondary N) is 1. The molecule has 3 aromatic rings. The van der Waals surface area contributed by atoms with E-state index in [1.165, 1.54) is 6.07 Å². The van der Waals surface area contributed by atoms with Gasteiger partial charge in [-0.1, -0.05) is 6.07 Å². The highest BCUT2D eigenvalue weighted by molar-refractivity contribution is 7.20. The first kappa shape index (κ1) is 19.2. The van der Waals surface area contributed by atoms with Crippen LogP contribution in [0, 0.1) is 6.92 Å². The van der Waals surface area contributed by atoms with Crippen LogP contribution < -0.4 is 10.2 Å². The molecule has 8 heteroatoms. The number of halogens is 3. The van der Waals surface area contributed by atoms with Gasteiger partial charge in [-0.2, -0.15) is 13.2 Å². The molecule has 3 rings (SSSR count). The second-order valence-electron chi connectivity index (χ2n) is 6.12. The molecule has 27 heavy (non-hydrogen) atoms. The molecule has 2 aromatic heterocycles. The van der Waals surface area contributed by atoms with Crippen LogP contribution in [0.4, 0.5) is 24.5 Å². The van der Waals surface area contributed by atoms with Gasteiger partial charge < -0.3 is 10.2 Å². The van der Waals surface area contributed by atoms with Crippen molar-refractivity contribution in [2.24, 2.45) is 0 Å². The lowest BCUT2D eigenvalue weighted by molar-refractivity contribution is -0.140. The molecule has 0 radical (unpaired) electrons. The van der Waals surface area contributed by atoms with Crippen LogP contribution in [0.15, 0.2) is 36.4 Å². The summed E-state index contributed by atoms with van der Waals surface area (Å²) in [5, 5.41) is 3.37. The average molecular weight is 393 g/mol. The molecule has 1 aromatic carbocycles. The maximum atomic E-state index is 12.9. The Morgan fingerprint density at radius 2 is 2.00 bits per heavy atom. The number of anilines is 2. The van der Waals surface area contributed by atoms with Gasteiger partial charge in [-0.05, 0) is 49.7 Å². The quantitative estimate of drug-likeness (QED) is 0.651. The van der Waals surface area contributed by atoms with Gasteiger partial charge in [-0.25, -0.2) is 4.98 Å². The summed E-state index contributed by atoms with van der Waals surface area (Å²) in [6, 6.07) is 9.70. The van der Waals surface area contributed by atoms with Crippen molar-refractivity contribution in [3.05, 3.63) is 52.5 Å². The molecule has 4 nitrogen and oxygen atoms in total. The number of rotatable bonds is 4. The molecular formula is C19H18F3N3OS. The number of aryl methyl sites for hydroxylation is 1. The molecule has 2 heterocycles. The maximum Gasteiger partial charge on any atom is 0.433 e. The van der Waals surface area contributed by atoms with Crippen molar-refractivity contribution in [1.82, 2.24) is 4.98 Å². The summed E-state index contributed by atoms with van der Waals surface area (Å²) in [7, 11) is 1.95. The van der Waals surface area contributed by atoms with Crippen LogP contribution in [0.5, 0.6) is 0 Å². The van der Waals surface area contributed by atoms with Crippen molar-refractivity contribution in [3.63, 3.8) is 0 Å². The average Bonchev–Trinajstić information content (AvgIpc) is 2.97. The second kappa shape index (κ2) is 7.19. The van der Waals surface area contributed by atoms with Crippen LogP contribution in [0.1, 0.15) is 27.9 Å². The number of carbonyl (C=O) groups excluding carboxylic acids is 1. The SMILES string of the molecule is CCN(C)c1cccc(NC(=O)c2sc3nc(C(F)(F)F)ccc3c2C)c1. The number of amides is 1. The highest BCUT2D eigenvalue weighted by atomic mass is 32.1. The van der Waals surface area contributed by atoms with Crippen LogP contribution in [0.2, 0.25) is 0 Å². The topological polar surface area (TPSA) is 45.2 Å². The highest BCUT2D eigenvalue weighted by Crippen LogP contribution is 2.34. The first-order chi connectivity index (χ1) is 12.7. The zero-order chi connectivity index (χ0) is 19.8. The number of hydrogen-bond acceptors (Lipinski definition) is 4. The predicted octanol–water partition coefficient (Wildman–Crippen LogP) is 5.33. The molecular weight excluding hydrogens is 375 g/mol. The molecule has 0 unspecified atom stereocenters. The summed E-state index contributed by atoms with van der Waals surface area (Å²) in [6.45, 7) is 4.55. The number of pyridine rings is 1. The van der Waals surface area contributed by atoms with Crippen molar-refractivity contribution >= 4 is 38.8 Å². The first-order valence-corrected chi connectivity index (χ1v) is 9.12. The lowest BCUT2D eigenvalue weighted by Crippen LogP contribution is -2.16. The Kier molecular flexibility index (Phi) is 5.10. The zero-order valence-corrected chi connectivity index (χ0v) is 15.8. The van der Waals surface area contributed by atoms with Crippen molar-refractivity contribution in [2.75, 3.05) is 23.8 Å². The lowest BCUT2D eigenvalue weighted by atomic mass is 10.1. The standard InChI is InChI=1S/C19H18F3N3OS/c1-4-25(3)13-7-5-6-12(10-13)23-17(26)16-11(2)14-8-9-15(19(20,21)22)24-18(14)27-16/h5-10H,4H2,1-3H3,(H,23,26). The number of thiophene rings is 1. The Labute approximate surface area is 158 Å². The van der Waals surface area contributed by atoms with Gasteiger partial charge in [0.05, 0.1) is 4.88 Å². The number of nitrogens with zero attached hydrogens (tertiary/aromatic N) is 2. The van der Waals surface area contributed by atoms with Gasteiger partial charge in [0.1, 0.15) is 10.5 Å². The minimum Gasteiger partial charge on any atom is -0.375 e. The molecule has 0 spiro atoms. The molecule has 0 aliphatic rings. The Balaban J connectivity index is 1.91. The maximum absolute atomic E-state index is 12.9. The van der Waals surface area contributed by atoms with E-state index in [0.29, 0.717) is 21.5 Å². The smallest absolute Gasteiger partial charge is 0.375 e. The third-order valence-corrected chi connectivity index (χ3v) is 5.52. The van der Waals surface area contributed by atoms with E-state index in [9.17, 15) is 18.0 Å². The van der Waals surface area contributed by atoms with E-state index in [0.717, 1.165) is 29.6 Å². The Morgan fingerprint density at radius 3 is 2.67 bits per heavy atom. The largest absolute Gasteiger partial charge is 0.433 e.